The van der Waals surface area contributed by atoms with Crippen molar-refractivity contribution in [3.8, 4) is 5.75 Å². The van der Waals surface area contributed by atoms with Crippen LogP contribution < -0.4 is 9.46 Å². The van der Waals surface area contributed by atoms with Gasteiger partial charge in [-0.3, -0.25) is 9.52 Å². The van der Waals surface area contributed by atoms with Crippen molar-refractivity contribution in [1.29, 1.82) is 0 Å². The molecule has 1 aromatic carbocycles. The second kappa shape index (κ2) is 6.84. The summed E-state index contributed by atoms with van der Waals surface area (Å²) in [5, 5.41) is -0.554. The van der Waals surface area contributed by atoms with Crippen molar-refractivity contribution in [2.45, 2.75) is 23.4 Å². The van der Waals surface area contributed by atoms with Crippen molar-refractivity contribution in [2.24, 2.45) is 0 Å². The van der Waals surface area contributed by atoms with Gasteiger partial charge >= 0.3 is 0 Å². The van der Waals surface area contributed by atoms with E-state index in [-0.39, 0.29) is 0 Å². The van der Waals surface area contributed by atoms with Crippen molar-refractivity contribution in [2.75, 3.05) is 12.9 Å². The molecule has 0 saturated heterocycles. The van der Waals surface area contributed by atoms with Gasteiger partial charge in [0, 0.05) is 0 Å². The molecule has 2 aromatic rings. The fraction of sp³-hybridized carbons (Fsp3) is 0.385. The van der Waals surface area contributed by atoms with Crippen LogP contribution in [0.4, 0.5) is 0 Å². The highest BCUT2D eigenvalue weighted by molar-refractivity contribution is 8.02. The van der Waals surface area contributed by atoms with E-state index >= 15 is 0 Å². The minimum atomic E-state index is -3.54. The van der Waals surface area contributed by atoms with Crippen LogP contribution >= 0.6 is 23.1 Å². The number of thiazole rings is 1. The van der Waals surface area contributed by atoms with Gasteiger partial charge in [0.05, 0.1) is 28.3 Å². The summed E-state index contributed by atoms with van der Waals surface area (Å²) in [6.07, 6.45) is 0.954. The second-order valence-electron chi connectivity index (χ2n) is 4.54. The molecule has 120 valence electrons. The molecule has 1 heterocycles. The van der Waals surface area contributed by atoms with Crippen molar-refractivity contribution >= 4 is 49.2 Å². The number of hydrogen-bond donors (Lipinski definition) is 1. The molecule has 1 unspecified atom stereocenters. The van der Waals surface area contributed by atoms with Crippen LogP contribution in [0.2, 0.25) is 0 Å². The molecule has 0 aliphatic carbocycles. The number of sulfonamides is 1. The van der Waals surface area contributed by atoms with E-state index in [0.717, 1.165) is 22.2 Å². The third kappa shape index (κ3) is 4.59. The number of amides is 1. The number of ether oxygens (including phenoxy) is 1. The first-order chi connectivity index (χ1) is 10.3. The molecule has 0 radical (unpaired) electrons. The van der Waals surface area contributed by atoms with E-state index < -0.39 is 21.2 Å². The van der Waals surface area contributed by atoms with Gasteiger partial charge in [-0.15, -0.1) is 11.3 Å². The van der Waals surface area contributed by atoms with Crippen molar-refractivity contribution in [3.05, 3.63) is 18.2 Å². The predicted octanol–water partition coefficient (Wildman–Crippen LogP) is 2.25. The fourth-order valence-electron chi connectivity index (χ4n) is 1.66. The number of thioether (sulfide) groups is 1. The summed E-state index contributed by atoms with van der Waals surface area (Å²) >= 11 is 2.67. The first-order valence-electron chi connectivity index (χ1n) is 6.50. The summed E-state index contributed by atoms with van der Waals surface area (Å²) in [7, 11) is -3.54. The molecule has 0 aliphatic heterocycles. The number of nitrogens with zero attached hydrogens (tertiary/aromatic N) is 1. The van der Waals surface area contributed by atoms with Gasteiger partial charge in [0.2, 0.25) is 15.9 Å². The lowest BCUT2D eigenvalue weighted by Crippen LogP contribution is -2.35. The largest absolute Gasteiger partial charge is 0.494 e. The SMILES string of the molecule is CCOc1ccc2nc(SC(C)C(=O)NS(C)(=O)=O)sc2c1. The molecule has 1 N–H and O–H groups in total. The van der Waals surface area contributed by atoms with Gasteiger partial charge in [-0.2, -0.15) is 0 Å². The Balaban J connectivity index is 2.12. The van der Waals surface area contributed by atoms with Crippen molar-refractivity contribution in [1.82, 2.24) is 9.71 Å². The summed E-state index contributed by atoms with van der Waals surface area (Å²) in [5.41, 5.74) is 0.826. The molecule has 9 heteroatoms. The normalized spacial score (nSPS) is 13.0. The number of fused-ring (bicyclic) bond motifs is 1. The maximum absolute atomic E-state index is 11.8. The minimum Gasteiger partial charge on any atom is -0.494 e. The minimum absolute atomic E-state index is 0.554. The van der Waals surface area contributed by atoms with Gasteiger partial charge in [0.1, 0.15) is 5.75 Å². The Morgan fingerprint density at radius 2 is 2.23 bits per heavy atom. The summed E-state index contributed by atoms with van der Waals surface area (Å²) in [4.78, 5) is 16.2. The van der Waals surface area contributed by atoms with Gasteiger partial charge in [-0.25, -0.2) is 13.4 Å². The Hall–Kier alpha value is -1.32. The van der Waals surface area contributed by atoms with Crippen LogP contribution in [0.1, 0.15) is 13.8 Å². The molecule has 0 aliphatic rings. The average molecular weight is 360 g/mol. The lowest BCUT2D eigenvalue weighted by atomic mass is 10.3. The standard InChI is InChI=1S/C13H16N2O4S3/c1-4-19-9-5-6-10-11(7-9)21-13(14-10)20-8(2)12(16)15-22(3,17)18/h5-8H,4H2,1-3H3,(H,15,16). The predicted molar refractivity (Wildman–Crippen MR) is 89.1 cm³/mol. The van der Waals surface area contributed by atoms with E-state index in [4.69, 9.17) is 4.74 Å². The summed E-state index contributed by atoms with van der Waals surface area (Å²) in [6, 6.07) is 5.61. The van der Waals surface area contributed by atoms with Crippen molar-refractivity contribution in [3.63, 3.8) is 0 Å². The van der Waals surface area contributed by atoms with E-state index in [1.807, 2.05) is 29.8 Å². The van der Waals surface area contributed by atoms with Crippen LogP contribution in [0.3, 0.4) is 0 Å². The molecule has 6 nitrogen and oxygen atoms in total. The highest BCUT2D eigenvalue weighted by Gasteiger charge is 2.19. The van der Waals surface area contributed by atoms with Crippen LogP contribution in [0.5, 0.6) is 5.75 Å². The van der Waals surface area contributed by atoms with Crippen LogP contribution in [0.25, 0.3) is 10.2 Å². The maximum atomic E-state index is 11.8. The topological polar surface area (TPSA) is 85.4 Å². The maximum Gasteiger partial charge on any atom is 0.246 e. The summed E-state index contributed by atoms with van der Waals surface area (Å²) < 4.78 is 31.2. The Morgan fingerprint density at radius 1 is 1.50 bits per heavy atom. The molecule has 2 rings (SSSR count). The molecule has 0 spiro atoms. The van der Waals surface area contributed by atoms with E-state index in [9.17, 15) is 13.2 Å². The number of benzene rings is 1. The monoisotopic (exact) mass is 360 g/mol. The number of carbonyl (C=O) groups is 1. The summed E-state index contributed by atoms with van der Waals surface area (Å²) in [6.45, 7) is 4.15. The number of hydrogen-bond acceptors (Lipinski definition) is 7. The molecule has 1 amide bonds. The van der Waals surface area contributed by atoms with Crippen LogP contribution in [0, 0.1) is 0 Å². The van der Waals surface area contributed by atoms with Crippen LogP contribution in [-0.4, -0.2) is 37.4 Å². The Bertz CT molecular complexity index is 786. The molecule has 1 aromatic heterocycles. The van der Waals surface area contributed by atoms with E-state index in [2.05, 4.69) is 4.98 Å². The lowest BCUT2D eigenvalue weighted by Gasteiger charge is -2.08. The van der Waals surface area contributed by atoms with Gasteiger partial charge in [-0.1, -0.05) is 11.8 Å². The zero-order valence-corrected chi connectivity index (χ0v) is 14.8. The number of nitrogens with one attached hydrogen (secondary N) is 1. The van der Waals surface area contributed by atoms with Crippen molar-refractivity contribution < 1.29 is 17.9 Å². The highest BCUT2D eigenvalue weighted by Crippen LogP contribution is 2.33. The highest BCUT2D eigenvalue weighted by atomic mass is 32.2. The molecule has 0 fully saturated rings. The third-order valence-electron chi connectivity index (χ3n) is 2.58. The van der Waals surface area contributed by atoms with E-state index in [1.54, 1.807) is 6.92 Å². The molecule has 1 atom stereocenters. The fourth-order valence-corrected chi connectivity index (χ4v) is 4.52. The first kappa shape index (κ1) is 17.0. The Labute approximate surface area is 137 Å². The zero-order valence-electron chi connectivity index (χ0n) is 12.3. The molecule has 0 saturated carbocycles. The van der Waals surface area contributed by atoms with Gasteiger partial charge in [-0.05, 0) is 32.0 Å². The Kier molecular flexibility index (Phi) is 5.30. The third-order valence-corrected chi connectivity index (χ3v) is 5.37. The smallest absolute Gasteiger partial charge is 0.246 e. The molecule has 22 heavy (non-hydrogen) atoms. The Morgan fingerprint density at radius 3 is 2.86 bits per heavy atom. The quantitative estimate of drug-likeness (QED) is 0.795. The number of carbonyl (C=O) groups excluding carboxylic acids is 1. The van der Waals surface area contributed by atoms with Gasteiger partial charge in [0.25, 0.3) is 0 Å². The van der Waals surface area contributed by atoms with E-state index in [1.165, 1.54) is 23.1 Å². The van der Waals surface area contributed by atoms with Gasteiger partial charge < -0.3 is 4.74 Å². The van der Waals surface area contributed by atoms with Crippen LogP contribution in [-0.2, 0) is 14.8 Å². The average Bonchev–Trinajstić information content (AvgIpc) is 2.78. The lowest BCUT2D eigenvalue weighted by molar-refractivity contribution is -0.118. The molecular formula is C13H16N2O4S3. The van der Waals surface area contributed by atoms with Crippen LogP contribution in [0.15, 0.2) is 22.5 Å². The van der Waals surface area contributed by atoms with E-state index in [0.29, 0.717) is 10.9 Å². The zero-order chi connectivity index (χ0) is 16.3. The number of aromatic nitrogens is 1. The number of rotatable bonds is 6. The summed E-state index contributed by atoms with van der Waals surface area (Å²) in [5.74, 6) is 0.222. The molecule has 0 bridgehead atoms. The first-order valence-corrected chi connectivity index (χ1v) is 10.1. The second-order valence-corrected chi connectivity index (χ2v) is 8.91. The molecular weight excluding hydrogens is 344 g/mol. The van der Waals surface area contributed by atoms with Gasteiger partial charge in [0.15, 0.2) is 4.34 Å².